The molecule has 0 aliphatic heterocycles. The maximum atomic E-state index is 11.3. The number of aromatic hydroxyl groups is 2. The molecule has 0 saturated carbocycles. The summed E-state index contributed by atoms with van der Waals surface area (Å²) in [5.41, 5.74) is 8.55. The fraction of sp³-hybridized carbons (Fsp3) is 0.143. The SMILES string of the molecule is Cn1c(N)c(O)c(O)c(C(N)=O)c1=O. The third-order valence-electron chi connectivity index (χ3n) is 1.83. The Morgan fingerprint density at radius 1 is 1.36 bits per heavy atom. The molecule has 14 heavy (non-hydrogen) atoms. The summed E-state index contributed by atoms with van der Waals surface area (Å²) in [4.78, 5) is 22.1. The molecule has 0 spiro atoms. The van der Waals surface area contributed by atoms with E-state index in [0.29, 0.717) is 0 Å². The Labute approximate surface area is 78.2 Å². The van der Waals surface area contributed by atoms with Gasteiger partial charge in [0, 0.05) is 7.05 Å². The standard InChI is InChI=1S/C7H9N3O4/c1-10-5(8)4(12)3(11)2(6(9)13)7(10)14/h11-12H,8H2,1H3,(H2,9,13). The minimum absolute atomic E-state index is 0.336. The number of nitrogens with two attached hydrogens (primary N) is 2. The summed E-state index contributed by atoms with van der Waals surface area (Å²) >= 11 is 0. The average Bonchev–Trinajstić information content (AvgIpc) is 2.11. The first kappa shape index (κ1) is 9.90. The van der Waals surface area contributed by atoms with Crippen molar-refractivity contribution < 1.29 is 15.0 Å². The molecule has 6 N–H and O–H groups in total. The zero-order valence-electron chi connectivity index (χ0n) is 7.31. The lowest BCUT2D eigenvalue weighted by molar-refractivity contribution is 0.0995. The van der Waals surface area contributed by atoms with Gasteiger partial charge in [-0.25, -0.2) is 0 Å². The summed E-state index contributed by atoms with van der Waals surface area (Å²) < 4.78 is 0.815. The molecule has 0 aliphatic carbocycles. The van der Waals surface area contributed by atoms with Gasteiger partial charge in [0.15, 0.2) is 22.9 Å². The second-order valence-electron chi connectivity index (χ2n) is 2.69. The number of rotatable bonds is 1. The van der Waals surface area contributed by atoms with Crippen molar-refractivity contribution in [3.63, 3.8) is 0 Å². The predicted molar refractivity (Wildman–Crippen MR) is 47.9 cm³/mol. The highest BCUT2D eigenvalue weighted by Crippen LogP contribution is 2.31. The molecule has 1 rings (SSSR count). The summed E-state index contributed by atoms with van der Waals surface area (Å²) in [5.74, 6) is -3.09. The van der Waals surface area contributed by atoms with Crippen molar-refractivity contribution in [3.05, 3.63) is 15.9 Å². The lowest BCUT2D eigenvalue weighted by Crippen LogP contribution is -2.29. The van der Waals surface area contributed by atoms with Crippen LogP contribution in [0.2, 0.25) is 0 Å². The van der Waals surface area contributed by atoms with Crippen molar-refractivity contribution in [3.8, 4) is 11.5 Å². The molecule has 0 saturated heterocycles. The van der Waals surface area contributed by atoms with E-state index in [1.54, 1.807) is 0 Å². The molecule has 0 atom stereocenters. The van der Waals surface area contributed by atoms with Crippen LogP contribution in [0, 0.1) is 0 Å². The van der Waals surface area contributed by atoms with E-state index in [2.05, 4.69) is 0 Å². The molecule has 0 aliphatic rings. The molecule has 1 aromatic heterocycles. The first-order chi connectivity index (χ1) is 6.37. The van der Waals surface area contributed by atoms with Crippen LogP contribution in [0.25, 0.3) is 0 Å². The van der Waals surface area contributed by atoms with Gasteiger partial charge in [0.25, 0.3) is 11.5 Å². The summed E-state index contributed by atoms with van der Waals surface area (Å²) in [5, 5.41) is 18.4. The van der Waals surface area contributed by atoms with Crippen molar-refractivity contribution in [1.29, 1.82) is 0 Å². The van der Waals surface area contributed by atoms with Crippen LogP contribution in [-0.2, 0) is 7.05 Å². The number of hydrogen-bond acceptors (Lipinski definition) is 5. The van der Waals surface area contributed by atoms with E-state index in [-0.39, 0.29) is 5.82 Å². The number of amides is 1. The number of nitrogen functional groups attached to an aromatic ring is 1. The van der Waals surface area contributed by atoms with Crippen molar-refractivity contribution in [1.82, 2.24) is 4.57 Å². The normalized spacial score (nSPS) is 10.1. The number of hydrogen-bond donors (Lipinski definition) is 4. The fourth-order valence-electron chi connectivity index (χ4n) is 0.999. The van der Waals surface area contributed by atoms with Crippen LogP contribution >= 0.6 is 0 Å². The van der Waals surface area contributed by atoms with Crippen LogP contribution < -0.4 is 17.0 Å². The van der Waals surface area contributed by atoms with E-state index >= 15 is 0 Å². The van der Waals surface area contributed by atoms with Gasteiger partial charge in [-0.05, 0) is 0 Å². The second-order valence-corrected chi connectivity index (χ2v) is 2.69. The highest BCUT2D eigenvalue weighted by atomic mass is 16.3. The Kier molecular flexibility index (Phi) is 2.08. The minimum Gasteiger partial charge on any atom is -0.503 e. The summed E-state index contributed by atoms with van der Waals surface area (Å²) in [6.07, 6.45) is 0. The number of anilines is 1. The third-order valence-corrected chi connectivity index (χ3v) is 1.83. The Morgan fingerprint density at radius 3 is 2.29 bits per heavy atom. The maximum Gasteiger partial charge on any atom is 0.268 e. The van der Waals surface area contributed by atoms with Gasteiger partial charge in [0.05, 0.1) is 0 Å². The second kappa shape index (κ2) is 2.95. The van der Waals surface area contributed by atoms with E-state index in [4.69, 9.17) is 11.5 Å². The van der Waals surface area contributed by atoms with E-state index in [9.17, 15) is 19.8 Å². The summed E-state index contributed by atoms with van der Waals surface area (Å²) in [6, 6.07) is 0. The highest BCUT2D eigenvalue weighted by molar-refractivity contribution is 5.96. The number of pyridine rings is 1. The van der Waals surface area contributed by atoms with Crippen molar-refractivity contribution in [2.75, 3.05) is 5.73 Å². The lowest BCUT2D eigenvalue weighted by Gasteiger charge is -2.09. The van der Waals surface area contributed by atoms with Gasteiger partial charge in [-0.2, -0.15) is 0 Å². The molecular weight excluding hydrogens is 190 g/mol. The van der Waals surface area contributed by atoms with E-state index in [1.807, 2.05) is 0 Å². The first-order valence-corrected chi connectivity index (χ1v) is 3.58. The predicted octanol–water partition coefficient (Wildman–Crippen LogP) is -1.52. The van der Waals surface area contributed by atoms with Gasteiger partial charge in [0.1, 0.15) is 0 Å². The highest BCUT2D eigenvalue weighted by Gasteiger charge is 2.21. The molecule has 0 aromatic carbocycles. The van der Waals surface area contributed by atoms with Gasteiger partial charge in [-0.15, -0.1) is 0 Å². The van der Waals surface area contributed by atoms with E-state index in [0.717, 1.165) is 4.57 Å². The van der Waals surface area contributed by atoms with E-state index < -0.39 is 28.5 Å². The Morgan fingerprint density at radius 2 is 1.86 bits per heavy atom. The summed E-state index contributed by atoms with van der Waals surface area (Å²) in [6.45, 7) is 0. The van der Waals surface area contributed by atoms with Crippen molar-refractivity contribution in [2.45, 2.75) is 0 Å². The van der Waals surface area contributed by atoms with E-state index in [1.165, 1.54) is 7.05 Å². The topological polar surface area (TPSA) is 132 Å². The van der Waals surface area contributed by atoms with Crippen molar-refractivity contribution in [2.24, 2.45) is 12.8 Å². The molecule has 1 aromatic rings. The van der Waals surface area contributed by atoms with Crippen molar-refractivity contribution >= 4 is 11.7 Å². The number of nitrogens with zero attached hydrogens (tertiary/aromatic N) is 1. The largest absolute Gasteiger partial charge is 0.503 e. The van der Waals surface area contributed by atoms with Crippen LogP contribution in [0.15, 0.2) is 4.79 Å². The smallest absolute Gasteiger partial charge is 0.268 e. The molecular formula is C7H9N3O4. The fourth-order valence-corrected chi connectivity index (χ4v) is 0.999. The molecule has 0 bridgehead atoms. The molecule has 0 fully saturated rings. The quantitative estimate of drug-likeness (QED) is 0.436. The number of carbonyl (C=O) groups is 1. The molecule has 1 heterocycles. The van der Waals surface area contributed by atoms with Gasteiger partial charge < -0.3 is 21.7 Å². The number of primary amides is 1. The molecule has 0 unspecified atom stereocenters. The summed E-state index contributed by atoms with van der Waals surface area (Å²) in [7, 11) is 1.24. The monoisotopic (exact) mass is 199 g/mol. The Balaban J connectivity index is 3.78. The van der Waals surface area contributed by atoms with Crippen LogP contribution in [0.4, 0.5) is 5.82 Å². The van der Waals surface area contributed by atoms with Crippen LogP contribution in [0.5, 0.6) is 11.5 Å². The molecule has 7 nitrogen and oxygen atoms in total. The first-order valence-electron chi connectivity index (χ1n) is 3.58. The zero-order valence-corrected chi connectivity index (χ0v) is 7.31. The number of aromatic nitrogens is 1. The minimum atomic E-state index is -1.13. The van der Waals surface area contributed by atoms with Gasteiger partial charge in [0.2, 0.25) is 0 Å². The molecule has 7 heteroatoms. The lowest BCUT2D eigenvalue weighted by atomic mass is 10.2. The average molecular weight is 199 g/mol. The van der Waals surface area contributed by atoms with Crippen LogP contribution in [-0.4, -0.2) is 20.7 Å². The molecule has 76 valence electrons. The van der Waals surface area contributed by atoms with Gasteiger partial charge in [-0.1, -0.05) is 0 Å². The third kappa shape index (κ3) is 1.15. The Hall–Kier alpha value is -2.18. The maximum absolute atomic E-state index is 11.3. The molecule has 0 radical (unpaired) electrons. The number of carbonyl (C=O) groups excluding carboxylic acids is 1. The molecule has 1 amide bonds. The van der Waals surface area contributed by atoms with Gasteiger partial charge in [-0.3, -0.25) is 14.2 Å². The van der Waals surface area contributed by atoms with Crippen LogP contribution in [0.1, 0.15) is 10.4 Å². The van der Waals surface area contributed by atoms with Crippen LogP contribution in [0.3, 0.4) is 0 Å². The Bertz CT molecular complexity index is 463. The van der Waals surface area contributed by atoms with Gasteiger partial charge >= 0.3 is 0 Å². The zero-order chi connectivity index (χ0) is 11.0.